The first-order valence-corrected chi connectivity index (χ1v) is 8.26. The van der Waals surface area contributed by atoms with Gasteiger partial charge in [0.2, 0.25) is 0 Å². The second kappa shape index (κ2) is 6.34. The lowest BCUT2D eigenvalue weighted by atomic mass is 9.93. The topological polar surface area (TPSA) is 62.5 Å². The molecule has 130 valence electrons. The predicted octanol–water partition coefficient (Wildman–Crippen LogP) is 5.28. The number of anilines is 1. The van der Waals surface area contributed by atoms with Crippen molar-refractivity contribution in [1.29, 1.82) is 0 Å². The minimum Gasteiger partial charge on any atom is -0.508 e. The average molecular weight is 329 g/mol. The van der Waals surface area contributed by atoms with Gasteiger partial charge in [0.1, 0.15) is 17.3 Å². The van der Waals surface area contributed by atoms with E-state index in [1.807, 2.05) is 53.7 Å². The van der Waals surface area contributed by atoms with Gasteiger partial charge in [-0.25, -0.2) is 0 Å². The highest BCUT2D eigenvalue weighted by atomic mass is 16.3. The van der Waals surface area contributed by atoms with Crippen LogP contribution in [0.1, 0.15) is 73.5 Å². The Kier molecular flexibility index (Phi) is 4.79. The lowest BCUT2D eigenvalue weighted by Gasteiger charge is -2.14. The lowest BCUT2D eigenvalue weighted by Crippen LogP contribution is -2.14. The van der Waals surface area contributed by atoms with Gasteiger partial charge in [-0.2, -0.15) is 0 Å². The summed E-state index contributed by atoms with van der Waals surface area (Å²) in [7, 11) is 0. The number of carbonyl (C=O) groups is 1. The molecule has 1 aromatic heterocycles. The number of nitrogens with one attached hydrogen (secondary N) is 1. The van der Waals surface area contributed by atoms with E-state index < -0.39 is 0 Å². The van der Waals surface area contributed by atoms with E-state index in [1.54, 1.807) is 13.0 Å². The van der Waals surface area contributed by atoms with Gasteiger partial charge in [-0.3, -0.25) is 4.79 Å². The van der Waals surface area contributed by atoms with Gasteiger partial charge in [0, 0.05) is 11.1 Å². The minimum absolute atomic E-state index is 0.150. The highest BCUT2D eigenvalue weighted by molar-refractivity contribution is 6.05. The van der Waals surface area contributed by atoms with Gasteiger partial charge >= 0.3 is 0 Å². The van der Waals surface area contributed by atoms with Crippen LogP contribution in [-0.2, 0) is 5.41 Å². The molecule has 0 fully saturated rings. The minimum atomic E-state index is -0.199. The molecule has 4 nitrogen and oxygen atoms in total. The normalized spacial score (nSPS) is 11.8. The quantitative estimate of drug-likeness (QED) is 0.753. The smallest absolute Gasteiger partial charge is 0.259 e. The zero-order chi connectivity index (χ0) is 18.2. The molecule has 4 heteroatoms. The van der Waals surface area contributed by atoms with E-state index in [0.29, 0.717) is 17.0 Å². The Labute approximate surface area is 143 Å². The van der Waals surface area contributed by atoms with Gasteiger partial charge in [0.25, 0.3) is 5.91 Å². The summed E-state index contributed by atoms with van der Waals surface area (Å²) in [6, 6.07) is 5.34. The fourth-order valence-electron chi connectivity index (χ4n) is 2.57. The highest BCUT2D eigenvalue weighted by Crippen LogP contribution is 2.32. The molecule has 0 saturated carbocycles. The van der Waals surface area contributed by atoms with Crippen molar-refractivity contribution in [3.63, 3.8) is 0 Å². The van der Waals surface area contributed by atoms with Crippen molar-refractivity contribution < 1.29 is 14.3 Å². The molecule has 2 N–H and O–H groups in total. The molecule has 0 atom stereocenters. The summed E-state index contributed by atoms with van der Waals surface area (Å²) in [4.78, 5) is 12.7. The van der Waals surface area contributed by atoms with Crippen molar-refractivity contribution >= 4 is 11.6 Å². The van der Waals surface area contributed by atoms with E-state index >= 15 is 0 Å². The van der Waals surface area contributed by atoms with Crippen LogP contribution in [0.4, 0.5) is 5.69 Å². The number of aromatic hydroxyl groups is 1. The summed E-state index contributed by atoms with van der Waals surface area (Å²) in [5, 5.41) is 13.0. The van der Waals surface area contributed by atoms with Crippen molar-refractivity contribution in [2.45, 2.75) is 59.8 Å². The highest BCUT2D eigenvalue weighted by Gasteiger charge is 2.23. The molecule has 0 aliphatic rings. The number of hydrogen-bond acceptors (Lipinski definition) is 3. The molecular formula is C20H27NO3. The maximum Gasteiger partial charge on any atom is 0.259 e. The molecule has 0 saturated heterocycles. The first-order valence-electron chi connectivity index (χ1n) is 8.26. The van der Waals surface area contributed by atoms with Crippen LogP contribution in [-0.4, -0.2) is 11.0 Å². The van der Waals surface area contributed by atoms with Crippen molar-refractivity contribution in [1.82, 2.24) is 0 Å². The van der Waals surface area contributed by atoms with Crippen molar-refractivity contribution in [2.24, 2.45) is 0 Å². The molecule has 0 aliphatic carbocycles. The van der Waals surface area contributed by atoms with E-state index in [1.165, 1.54) is 0 Å². The Morgan fingerprint density at radius 3 is 2.29 bits per heavy atom. The summed E-state index contributed by atoms with van der Waals surface area (Å²) in [5.74, 6) is 1.63. The van der Waals surface area contributed by atoms with Crippen LogP contribution in [0.5, 0.6) is 5.75 Å². The second-order valence-electron chi connectivity index (χ2n) is 7.67. The standard InChI is InChI=1S/C20H27NO3/c1-11(2)14-9-16(12(3)8-17(14)22)21-19(23)15-10-18(20(5,6)7)24-13(15)4/h8-11,22H,1-7H3,(H,21,23). The fourth-order valence-corrected chi connectivity index (χ4v) is 2.57. The molecule has 0 bridgehead atoms. The summed E-state index contributed by atoms with van der Waals surface area (Å²) in [5.41, 5.74) is 2.73. The SMILES string of the molecule is Cc1cc(O)c(C(C)C)cc1NC(=O)c1cc(C(C)(C)C)oc1C. The summed E-state index contributed by atoms with van der Waals surface area (Å²) in [6.07, 6.45) is 0. The zero-order valence-corrected chi connectivity index (χ0v) is 15.6. The van der Waals surface area contributed by atoms with E-state index in [9.17, 15) is 9.90 Å². The van der Waals surface area contributed by atoms with Crippen molar-refractivity contribution in [3.8, 4) is 5.75 Å². The number of phenolic OH excluding ortho intramolecular Hbond substituents is 1. The van der Waals surface area contributed by atoms with Crippen molar-refractivity contribution in [2.75, 3.05) is 5.32 Å². The monoisotopic (exact) mass is 329 g/mol. The maximum atomic E-state index is 12.7. The van der Waals surface area contributed by atoms with Crippen LogP contribution in [0.3, 0.4) is 0 Å². The van der Waals surface area contributed by atoms with E-state index in [-0.39, 0.29) is 23.0 Å². The number of rotatable bonds is 3. The van der Waals surface area contributed by atoms with Crippen LogP contribution in [0, 0.1) is 13.8 Å². The third kappa shape index (κ3) is 3.64. The first-order chi connectivity index (χ1) is 11.0. The van der Waals surface area contributed by atoms with E-state index in [4.69, 9.17) is 4.42 Å². The number of hydrogen-bond donors (Lipinski definition) is 2. The third-order valence-corrected chi connectivity index (χ3v) is 4.15. The van der Waals surface area contributed by atoms with Crippen LogP contribution < -0.4 is 5.32 Å². The van der Waals surface area contributed by atoms with Crippen LogP contribution in [0.2, 0.25) is 0 Å². The van der Waals surface area contributed by atoms with Gasteiger partial charge in [0.05, 0.1) is 5.56 Å². The Balaban J connectivity index is 2.34. The van der Waals surface area contributed by atoms with E-state index in [0.717, 1.165) is 16.9 Å². The molecule has 0 unspecified atom stereocenters. The maximum absolute atomic E-state index is 12.7. The lowest BCUT2D eigenvalue weighted by molar-refractivity contribution is 0.102. The Morgan fingerprint density at radius 1 is 1.17 bits per heavy atom. The van der Waals surface area contributed by atoms with Gasteiger partial charge in [-0.1, -0.05) is 34.6 Å². The van der Waals surface area contributed by atoms with Gasteiger partial charge in [0.15, 0.2) is 0 Å². The number of phenols is 1. The Bertz CT molecular complexity index is 764. The average Bonchev–Trinajstić information content (AvgIpc) is 2.83. The van der Waals surface area contributed by atoms with Crippen LogP contribution >= 0.6 is 0 Å². The molecule has 0 spiro atoms. The van der Waals surface area contributed by atoms with Gasteiger partial charge in [-0.05, 0) is 49.1 Å². The number of amides is 1. The zero-order valence-electron chi connectivity index (χ0n) is 15.6. The van der Waals surface area contributed by atoms with E-state index in [2.05, 4.69) is 5.32 Å². The molecule has 1 heterocycles. The molecule has 2 rings (SSSR count). The summed E-state index contributed by atoms with van der Waals surface area (Å²) >= 11 is 0. The Hall–Kier alpha value is -2.23. The Morgan fingerprint density at radius 2 is 1.79 bits per heavy atom. The predicted molar refractivity (Wildman–Crippen MR) is 97.0 cm³/mol. The van der Waals surface area contributed by atoms with Gasteiger partial charge in [-0.15, -0.1) is 0 Å². The van der Waals surface area contributed by atoms with Crippen molar-refractivity contribution in [3.05, 3.63) is 46.4 Å². The number of furan rings is 1. The molecule has 24 heavy (non-hydrogen) atoms. The van der Waals surface area contributed by atoms with Crippen LogP contribution in [0.25, 0.3) is 0 Å². The molecule has 0 aliphatic heterocycles. The summed E-state index contributed by atoms with van der Waals surface area (Å²) in [6.45, 7) is 13.8. The molecule has 1 amide bonds. The summed E-state index contributed by atoms with van der Waals surface area (Å²) < 4.78 is 5.75. The molecule has 1 aromatic carbocycles. The fraction of sp³-hybridized carbons (Fsp3) is 0.450. The molecular weight excluding hydrogens is 302 g/mol. The third-order valence-electron chi connectivity index (χ3n) is 4.15. The number of aryl methyl sites for hydroxylation is 2. The first kappa shape index (κ1) is 18.1. The second-order valence-corrected chi connectivity index (χ2v) is 7.67. The molecule has 2 aromatic rings. The largest absolute Gasteiger partial charge is 0.508 e. The number of carbonyl (C=O) groups excluding carboxylic acids is 1. The van der Waals surface area contributed by atoms with Gasteiger partial charge < -0.3 is 14.8 Å². The molecule has 0 radical (unpaired) electrons. The number of benzene rings is 1. The van der Waals surface area contributed by atoms with Crippen LogP contribution in [0.15, 0.2) is 22.6 Å².